The van der Waals surface area contributed by atoms with E-state index < -0.39 is 10.4 Å². The maximum atomic E-state index is 11.1. The van der Waals surface area contributed by atoms with E-state index >= 15 is 0 Å². The smallest absolute Gasteiger partial charge is 0.379 e. The molecule has 0 saturated heterocycles. The Hall–Kier alpha value is -0.810. The third-order valence-electron chi connectivity index (χ3n) is 2.05. The Kier molecular flexibility index (Phi) is 11.7. The maximum absolute atomic E-state index is 11.1. The largest absolute Gasteiger partial charge is 0.436 e. The van der Waals surface area contributed by atoms with Gasteiger partial charge in [0.05, 0.1) is 13.2 Å². The van der Waals surface area contributed by atoms with E-state index in [1.807, 2.05) is 0 Å². The number of rotatable bonds is 11. The highest BCUT2D eigenvalue weighted by Gasteiger charge is 2.12. The minimum absolute atomic E-state index is 0.121. The first kappa shape index (κ1) is 18.2. The van der Waals surface area contributed by atoms with Crippen molar-refractivity contribution in [2.45, 2.75) is 46.0 Å². The van der Waals surface area contributed by atoms with Crippen LogP contribution in [-0.4, -0.2) is 28.2 Å². The second-order valence-corrected chi connectivity index (χ2v) is 4.86. The van der Waals surface area contributed by atoms with Crippen LogP contribution in [0.2, 0.25) is 0 Å². The standard InChI is InChI=1S/C12H22O6S/c1-3-5-6-7-8-9-10-16-18-19(13,14)17-12-11-15-4-2/h3-8,11-12H2,1-2H3. The van der Waals surface area contributed by atoms with Gasteiger partial charge in [0.25, 0.3) is 0 Å². The van der Waals surface area contributed by atoms with Crippen molar-refractivity contribution in [3.8, 4) is 12.0 Å². The molecular weight excluding hydrogens is 272 g/mol. The molecule has 0 unspecified atom stereocenters. The molecule has 0 heterocycles. The lowest BCUT2D eigenvalue weighted by Crippen LogP contribution is -2.13. The fourth-order valence-electron chi connectivity index (χ4n) is 1.14. The summed E-state index contributed by atoms with van der Waals surface area (Å²) in [6, 6.07) is 0. The zero-order valence-electron chi connectivity index (χ0n) is 11.5. The summed E-state index contributed by atoms with van der Waals surface area (Å²) < 4.78 is 35.5. The zero-order chi connectivity index (χ0) is 14.4. The van der Waals surface area contributed by atoms with Crippen molar-refractivity contribution >= 4 is 10.4 Å². The van der Waals surface area contributed by atoms with E-state index in [0.717, 1.165) is 19.3 Å². The molecule has 0 aromatic rings. The van der Waals surface area contributed by atoms with Crippen LogP contribution in [0.15, 0.2) is 0 Å². The number of hydrogen-bond donors (Lipinski definition) is 0. The lowest BCUT2D eigenvalue weighted by Gasteiger charge is -2.02. The van der Waals surface area contributed by atoms with E-state index in [4.69, 9.17) is 4.74 Å². The summed E-state index contributed by atoms with van der Waals surface area (Å²) in [6.45, 7) is 4.46. The van der Waals surface area contributed by atoms with Gasteiger partial charge in [0.15, 0.2) is 6.11 Å². The van der Waals surface area contributed by atoms with Crippen LogP contribution >= 0.6 is 0 Å². The van der Waals surface area contributed by atoms with Crippen LogP contribution in [0.1, 0.15) is 46.0 Å². The topological polar surface area (TPSA) is 71.1 Å². The molecular formula is C12H22O6S. The lowest BCUT2D eigenvalue weighted by molar-refractivity contribution is -0.139. The average Bonchev–Trinajstić information content (AvgIpc) is 2.38. The predicted molar refractivity (Wildman–Crippen MR) is 70.1 cm³/mol. The molecule has 0 spiro atoms. The summed E-state index contributed by atoms with van der Waals surface area (Å²) in [5.41, 5.74) is 0. The Bertz CT molecular complexity index is 354. The van der Waals surface area contributed by atoms with Crippen LogP contribution in [0.3, 0.4) is 0 Å². The Labute approximate surface area is 115 Å². The minimum Gasteiger partial charge on any atom is -0.379 e. The van der Waals surface area contributed by atoms with Crippen molar-refractivity contribution < 1.29 is 26.6 Å². The van der Waals surface area contributed by atoms with Gasteiger partial charge < -0.3 is 4.74 Å². The second-order valence-electron chi connectivity index (χ2n) is 3.67. The Morgan fingerprint density at radius 2 is 1.84 bits per heavy atom. The van der Waals surface area contributed by atoms with Gasteiger partial charge in [0.1, 0.15) is 0 Å². The Morgan fingerprint density at radius 3 is 2.53 bits per heavy atom. The summed E-state index contributed by atoms with van der Waals surface area (Å²) in [7, 11) is -4.17. The summed E-state index contributed by atoms with van der Waals surface area (Å²) in [5.74, 6) is 2.65. The summed E-state index contributed by atoms with van der Waals surface area (Å²) in [5, 5.41) is 0. The van der Waals surface area contributed by atoms with Crippen LogP contribution < -0.4 is 0 Å². The van der Waals surface area contributed by atoms with Gasteiger partial charge in [-0.1, -0.05) is 32.1 Å². The van der Waals surface area contributed by atoms with Gasteiger partial charge in [-0.25, -0.2) is 4.18 Å². The quantitative estimate of drug-likeness (QED) is 0.252. The maximum Gasteiger partial charge on any atom is 0.436 e. The molecule has 7 heteroatoms. The van der Waals surface area contributed by atoms with Crippen molar-refractivity contribution in [3.63, 3.8) is 0 Å². The van der Waals surface area contributed by atoms with Gasteiger partial charge in [-0.15, -0.1) is 0 Å². The molecule has 0 aromatic heterocycles. The van der Waals surface area contributed by atoms with E-state index in [2.05, 4.69) is 32.4 Å². The van der Waals surface area contributed by atoms with Crippen molar-refractivity contribution in [1.82, 2.24) is 0 Å². The van der Waals surface area contributed by atoms with Crippen LogP contribution in [-0.2, 0) is 28.5 Å². The van der Waals surface area contributed by atoms with Crippen molar-refractivity contribution in [3.05, 3.63) is 0 Å². The van der Waals surface area contributed by atoms with Crippen LogP contribution in [0.5, 0.6) is 0 Å². The van der Waals surface area contributed by atoms with Gasteiger partial charge in [-0.2, -0.15) is 8.42 Å². The van der Waals surface area contributed by atoms with Crippen molar-refractivity contribution in [2.24, 2.45) is 0 Å². The van der Waals surface area contributed by atoms with Gasteiger partial charge in [0.2, 0.25) is 0 Å². The number of hydrogen-bond acceptors (Lipinski definition) is 6. The van der Waals surface area contributed by atoms with Crippen molar-refractivity contribution in [2.75, 3.05) is 19.8 Å². The van der Waals surface area contributed by atoms with E-state index in [9.17, 15) is 8.42 Å². The Morgan fingerprint density at radius 1 is 1.05 bits per heavy atom. The second kappa shape index (κ2) is 12.2. The molecule has 0 aliphatic carbocycles. The fourth-order valence-corrected chi connectivity index (χ4v) is 1.57. The first-order chi connectivity index (χ1) is 9.12. The first-order valence-electron chi connectivity index (χ1n) is 6.42. The minimum atomic E-state index is -4.17. The highest BCUT2D eigenvalue weighted by atomic mass is 32.3. The van der Waals surface area contributed by atoms with Gasteiger partial charge in [-0.3, -0.25) is 4.89 Å². The molecule has 0 atom stereocenters. The molecule has 0 saturated carbocycles. The zero-order valence-corrected chi connectivity index (χ0v) is 12.3. The third kappa shape index (κ3) is 13.4. The van der Waals surface area contributed by atoms with Gasteiger partial charge in [0, 0.05) is 13.0 Å². The van der Waals surface area contributed by atoms with Crippen LogP contribution in [0.4, 0.5) is 0 Å². The van der Waals surface area contributed by atoms with Gasteiger partial charge in [-0.05, 0) is 17.7 Å². The highest BCUT2D eigenvalue weighted by Crippen LogP contribution is 2.01. The van der Waals surface area contributed by atoms with Crippen LogP contribution in [0, 0.1) is 12.0 Å². The number of ether oxygens (including phenoxy) is 1. The predicted octanol–water partition coefficient (Wildman–Crippen LogP) is 2.16. The van der Waals surface area contributed by atoms with Gasteiger partial charge >= 0.3 is 10.4 Å². The van der Waals surface area contributed by atoms with E-state index in [1.165, 1.54) is 6.42 Å². The molecule has 0 bridgehead atoms. The SMILES string of the molecule is CCCCCCC#COOS(=O)(=O)OCCOCC. The third-order valence-corrected chi connectivity index (χ3v) is 2.74. The molecule has 0 amide bonds. The molecule has 0 radical (unpaired) electrons. The first-order valence-corrected chi connectivity index (χ1v) is 7.75. The number of unbranched alkanes of at least 4 members (excludes halogenated alkanes) is 4. The van der Waals surface area contributed by atoms with E-state index in [-0.39, 0.29) is 13.2 Å². The molecule has 6 nitrogen and oxygen atoms in total. The monoisotopic (exact) mass is 294 g/mol. The van der Waals surface area contributed by atoms with Crippen LogP contribution in [0.25, 0.3) is 0 Å². The summed E-state index contributed by atoms with van der Waals surface area (Å²) in [6.07, 6.45) is 7.19. The molecule has 112 valence electrons. The Balaban J connectivity index is 3.60. The lowest BCUT2D eigenvalue weighted by atomic mass is 10.2. The average molecular weight is 294 g/mol. The summed E-state index contributed by atoms with van der Waals surface area (Å²) >= 11 is 0. The summed E-state index contributed by atoms with van der Waals surface area (Å²) in [4.78, 5) is 4.25. The molecule has 0 N–H and O–H groups in total. The molecule has 0 fully saturated rings. The molecule has 0 aliphatic heterocycles. The van der Waals surface area contributed by atoms with Crippen molar-refractivity contribution in [1.29, 1.82) is 0 Å². The molecule has 0 aliphatic rings. The highest BCUT2D eigenvalue weighted by molar-refractivity contribution is 7.81. The van der Waals surface area contributed by atoms with E-state index in [0.29, 0.717) is 13.0 Å². The molecule has 0 rings (SSSR count). The normalized spacial score (nSPS) is 10.8. The molecule has 19 heavy (non-hydrogen) atoms. The molecule has 0 aromatic carbocycles. The van der Waals surface area contributed by atoms with E-state index in [1.54, 1.807) is 6.92 Å². The fraction of sp³-hybridized carbons (Fsp3) is 0.833.